The number of piperidine rings is 1. The fourth-order valence-corrected chi connectivity index (χ4v) is 4.33. The number of hydrogen-bond donors (Lipinski definition) is 3. The van der Waals surface area contributed by atoms with Gasteiger partial charge in [0.1, 0.15) is 5.52 Å². The van der Waals surface area contributed by atoms with Gasteiger partial charge in [-0.15, -0.1) is 12.4 Å². The van der Waals surface area contributed by atoms with Crippen molar-refractivity contribution in [3.63, 3.8) is 0 Å². The third-order valence-corrected chi connectivity index (χ3v) is 6.44. The summed E-state index contributed by atoms with van der Waals surface area (Å²) in [7, 11) is 0. The molecule has 0 saturated carbocycles. The Hall–Kier alpha value is -3.08. The van der Waals surface area contributed by atoms with Crippen LogP contribution in [0, 0.1) is 0 Å². The second-order valence-corrected chi connectivity index (χ2v) is 8.62. The highest BCUT2D eigenvalue weighted by molar-refractivity contribution is 6.42. The summed E-state index contributed by atoms with van der Waals surface area (Å²) >= 11 is 12.0. The number of halogens is 3. The Morgan fingerprint density at radius 2 is 2.00 bits per heavy atom. The number of aromatic nitrogens is 6. The average Bonchev–Trinajstić information content (AvgIpc) is 3.50. The van der Waals surface area contributed by atoms with Gasteiger partial charge in [0.2, 0.25) is 5.95 Å². The third-order valence-electron chi connectivity index (χ3n) is 5.70. The summed E-state index contributed by atoms with van der Waals surface area (Å²) in [4.78, 5) is 41.2. The number of benzene rings is 1. The summed E-state index contributed by atoms with van der Waals surface area (Å²) in [6.07, 6.45) is 6.14. The van der Waals surface area contributed by atoms with E-state index in [0.29, 0.717) is 65.3 Å². The smallest absolute Gasteiger partial charge is 0.289 e. The maximum atomic E-state index is 12.9. The fraction of sp³-hybridized carbons (Fsp3) is 0.286. The molecule has 1 saturated heterocycles. The number of carbonyl (C=O) groups excluding carboxylic acids is 1. The van der Waals surface area contributed by atoms with Gasteiger partial charge in [-0.3, -0.25) is 19.3 Å². The van der Waals surface area contributed by atoms with Crippen LogP contribution in [-0.4, -0.2) is 53.6 Å². The molecule has 0 spiro atoms. The van der Waals surface area contributed by atoms with Crippen LogP contribution in [0.2, 0.25) is 10.0 Å². The van der Waals surface area contributed by atoms with E-state index in [0.717, 1.165) is 5.56 Å². The lowest BCUT2D eigenvalue weighted by atomic mass is 10.0. The normalized spacial score (nSPS) is 14.2. The summed E-state index contributed by atoms with van der Waals surface area (Å²) in [6, 6.07) is 5.33. The monoisotopic (exact) mass is 522 g/mol. The highest BCUT2D eigenvalue weighted by Crippen LogP contribution is 2.26. The van der Waals surface area contributed by atoms with Crippen LogP contribution < -0.4 is 10.9 Å². The van der Waals surface area contributed by atoms with Gasteiger partial charge < -0.3 is 15.2 Å². The van der Waals surface area contributed by atoms with Gasteiger partial charge in [-0.25, -0.2) is 9.97 Å². The first kappa shape index (κ1) is 24.1. The Bertz CT molecular complexity index is 1360. The largest absolute Gasteiger partial charge is 0.352 e. The van der Waals surface area contributed by atoms with Crippen molar-refractivity contribution in [2.45, 2.75) is 25.4 Å². The van der Waals surface area contributed by atoms with Crippen LogP contribution in [-0.2, 0) is 6.54 Å². The molecule has 0 atom stereocenters. The number of fused-ring (bicyclic) bond motifs is 1. The van der Waals surface area contributed by atoms with E-state index < -0.39 is 0 Å². The highest BCUT2D eigenvalue weighted by atomic mass is 35.5. The lowest BCUT2D eigenvalue weighted by Crippen LogP contribution is -2.40. The number of aromatic amines is 2. The summed E-state index contributed by atoms with van der Waals surface area (Å²) in [5, 5.41) is 8.48. The van der Waals surface area contributed by atoms with Gasteiger partial charge in [-0.1, -0.05) is 29.3 Å². The Morgan fingerprint density at radius 1 is 1.21 bits per heavy atom. The zero-order valence-electron chi connectivity index (χ0n) is 17.8. The van der Waals surface area contributed by atoms with Gasteiger partial charge in [0, 0.05) is 32.0 Å². The van der Waals surface area contributed by atoms with Crippen LogP contribution in [0.25, 0.3) is 11.0 Å². The van der Waals surface area contributed by atoms with E-state index >= 15 is 0 Å². The van der Waals surface area contributed by atoms with Crippen molar-refractivity contribution in [3.8, 4) is 0 Å². The molecule has 1 fully saturated rings. The Morgan fingerprint density at radius 3 is 2.71 bits per heavy atom. The third kappa shape index (κ3) is 4.75. The van der Waals surface area contributed by atoms with E-state index in [1.54, 1.807) is 40.3 Å². The second-order valence-electron chi connectivity index (χ2n) is 7.80. The van der Waals surface area contributed by atoms with Crippen molar-refractivity contribution in [2.75, 3.05) is 18.4 Å². The quantitative estimate of drug-likeness (QED) is 0.367. The number of likely N-dealkylation sites (tertiary alicyclic amines) is 1. The molecule has 4 heterocycles. The van der Waals surface area contributed by atoms with Gasteiger partial charge in [-0.05, 0) is 30.5 Å². The van der Waals surface area contributed by atoms with Crippen LogP contribution in [0.1, 0.15) is 35.1 Å². The van der Waals surface area contributed by atoms with Crippen LogP contribution >= 0.6 is 35.6 Å². The molecule has 1 amide bonds. The minimum absolute atomic E-state index is 0. The number of nitrogens with zero attached hydrogens (tertiary/aromatic N) is 5. The van der Waals surface area contributed by atoms with Crippen LogP contribution in [0.4, 0.5) is 5.95 Å². The Kier molecular flexibility index (Phi) is 7.11. The summed E-state index contributed by atoms with van der Waals surface area (Å²) < 4.78 is 1.72. The molecule has 1 aromatic carbocycles. The van der Waals surface area contributed by atoms with E-state index in [2.05, 4.69) is 30.4 Å². The van der Waals surface area contributed by atoms with Crippen LogP contribution in [0.15, 0.2) is 41.6 Å². The first-order chi connectivity index (χ1) is 16.0. The molecule has 0 aliphatic carbocycles. The van der Waals surface area contributed by atoms with E-state index in [1.807, 2.05) is 6.07 Å². The van der Waals surface area contributed by atoms with Gasteiger partial charge in [0.15, 0.2) is 11.3 Å². The number of hydrogen-bond acceptors (Lipinski definition) is 6. The van der Waals surface area contributed by atoms with Gasteiger partial charge >= 0.3 is 0 Å². The van der Waals surface area contributed by atoms with Crippen molar-refractivity contribution >= 4 is 58.5 Å². The lowest BCUT2D eigenvalue weighted by molar-refractivity contribution is 0.0680. The standard InChI is InChI=1S/C21H20Cl2N8O2.ClH/c22-14-2-1-12(9-15(14)23)10-26-21-28-16-11-27-31(17(16)19(32)29-21)13-3-7-30(8-4-13)20(33)18-24-5-6-25-18;/h1-2,5-6,9,11,13H,3-4,7-8,10H2,(H,24,25)(H2,26,28,29,32);1H. The number of nitrogens with one attached hydrogen (secondary N) is 3. The minimum atomic E-state index is -0.275. The molecule has 5 rings (SSSR count). The van der Waals surface area contributed by atoms with Gasteiger partial charge in [-0.2, -0.15) is 5.10 Å². The van der Waals surface area contributed by atoms with Crippen molar-refractivity contribution < 1.29 is 4.79 Å². The molecule has 1 aliphatic heterocycles. The molecule has 13 heteroatoms. The minimum Gasteiger partial charge on any atom is -0.352 e. The Balaban J connectivity index is 0.00000274. The molecule has 0 unspecified atom stereocenters. The summed E-state index contributed by atoms with van der Waals surface area (Å²) in [6.45, 7) is 1.53. The number of H-pyrrole nitrogens is 2. The maximum Gasteiger partial charge on any atom is 0.289 e. The molecular weight excluding hydrogens is 503 g/mol. The molecule has 178 valence electrons. The lowest BCUT2D eigenvalue weighted by Gasteiger charge is -2.31. The second kappa shape index (κ2) is 10.0. The van der Waals surface area contributed by atoms with E-state index in [-0.39, 0.29) is 29.9 Å². The van der Waals surface area contributed by atoms with Crippen molar-refractivity contribution in [2.24, 2.45) is 0 Å². The topological polar surface area (TPSA) is 125 Å². The zero-order valence-corrected chi connectivity index (χ0v) is 20.1. The number of anilines is 1. The number of rotatable bonds is 5. The predicted octanol–water partition coefficient (Wildman–Crippen LogP) is 3.66. The van der Waals surface area contributed by atoms with E-state index in [1.165, 1.54) is 0 Å². The average molecular weight is 524 g/mol. The van der Waals surface area contributed by atoms with Gasteiger partial charge in [0.05, 0.1) is 22.3 Å². The fourth-order valence-electron chi connectivity index (χ4n) is 4.01. The van der Waals surface area contributed by atoms with Crippen LogP contribution in [0.5, 0.6) is 0 Å². The van der Waals surface area contributed by atoms with Crippen LogP contribution in [0.3, 0.4) is 0 Å². The highest BCUT2D eigenvalue weighted by Gasteiger charge is 2.27. The maximum absolute atomic E-state index is 12.9. The number of imidazole rings is 1. The van der Waals surface area contributed by atoms with Crippen molar-refractivity contribution in [3.05, 3.63) is 68.6 Å². The van der Waals surface area contributed by atoms with E-state index in [9.17, 15) is 9.59 Å². The molecular formula is C21H21Cl3N8O2. The molecule has 3 N–H and O–H groups in total. The van der Waals surface area contributed by atoms with Crippen molar-refractivity contribution in [1.29, 1.82) is 0 Å². The first-order valence-corrected chi connectivity index (χ1v) is 11.2. The molecule has 0 radical (unpaired) electrons. The SMILES string of the molecule is Cl.O=C(c1ncc[nH]1)N1CCC(n2ncc3nc(NCc4ccc(Cl)c(Cl)c4)[nH]c(=O)c32)CC1. The predicted molar refractivity (Wildman–Crippen MR) is 132 cm³/mol. The molecule has 34 heavy (non-hydrogen) atoms. The number of carbonyl (C=O) groups is 1. The first-order valence-electron chi connectivity index (χ1n) is 10.4. The molecule has 10 nitrogen and oxygen atoms in total. The number of amides is 1. The van der Waals surface area contributed by atoms with Gasteiger partial charge in [0.25, 0.3) is 11.5 Å². The van der Waals surface area contributed by atoms with E-state index in [4.69, 9.17) is 23.2 Å². The summed E-state index contributed by atoms with van der Waals surface area (Å²) in [5.74, 6) is 0.553. The molecule has 3 aromatic heterocycles. The van der Waals surface area contributed by atoms with Crippen molar-refractivity contribution in [1.82, 2.24) is 34.6 Å². The molecule has 4 aromatic rings. The Labute approximate surface area is 210 Å². The zero-order chi connectivity index (χ0) is 22.9. The summed E-state index contributed by atoms with van der Waals surface area (Å²) in [5.41, 5.74) is 1.55. The molecule has 0 bridgehead atoms. The molecule has 1 aliphatic rings.